The summed E-state index contributed by atoms with van der Waals surface area (Å²) in [7, 11) is -3.81. The van der Waals surface area contributed by atoms with Gasteiger partial charge in [0.15, 0.2) is 0 Å². The number of aryl methyl sites for hydroxylation is 1. The fourth-order valence-electron chi connectivity index (χ4n) is 2.69. The van der Waals surface area contributed by atoms with E-state index in [9.17, 15) is 8.42 Å². The fourth-order valence-corrected chi connectivity index (χ4v) is 3.65. The lowest BCUT2D eigenvalue weighted by atomic mass is 10.2. The molecule has 22 heavy (non-hydrogen) atoms. The van der Waals surface area contributed by atoms with Gasteiger partial charge in [0.2, 0.25) is 0 Å². The molecule has 0 radical (unpaired) electrons. The van der Waals surface area contributed by atoms with Crippen molar-refractivity contribution >= 4 is 15.8 Å². The third-order valence-corrected chi connectivity index (χ3v) is 5.11. The lowest BCUT2D eigenvalue weighted by molar-refractivity contribution is 0.486. The maximum absolute atomic E-state index is 12.4. The highest BCUT2D eigenvalue weighted by atomic mass is 32.2. The highest BCUT2D eigenvalue weighted by molar-refractivity contribution is 7.87. The van der Waals surface area contributed by atoms with Crippen molar-refractivity contribution < 1.29 is 12.6 Å². The molecule has 0 bridgehead atoms. The van der Waals surface area contributed by atoms with E-state index in [2.05, 4.69) is 4.90 Å². The summed E-state index contributed by atoms with van der Waals surface area (Å²) in [6.45, 7) is 3.95. The molecule has 0 N–H and O–H groups in total. The number of rotatable bonds is 4. The zero-order valence-corrected chi connectivity index (χ0v) is 13.3. The summed E-state index contributed by atoms with van der Waals surface area (Å²) in [5.41, 5.74) is 2.07. The van der Waals surface area contributed by atoms with E-state index in [1.54, 1.807) is 36.4 Å². The Morgan fingerprint density at radius 2 is 1.68 bits per heavy atom. The van der Waals surface area contributed by atoms with Crippen molar-refractivity contribution in [2.75, 3.05) is 18.0 Å². The molecule has 0 amide bonds. The molecule has 116 valence electrons. The van der Waals surface area contributed by atoms with Gasteiger partial charge in [-0.2, -0.15) is 8.42 Å². The van der Waals surface area contributed by atoms with E-state index >= 15 is 0 Å². The first-order valence-corrected chi connectivity index (χ1v) is 8.82. The molecule has 0 spiro atoms. The average molecular weight is 317 g/mol. The summed E-state index contributed by atoms with van der Waals surface area (Å²) < 4.78 is 30.1. The van der Waals surface area contributed by atoms with Crippen LogP contribution in [0.2, 0.25) is 0 Å². The van der Waals surface area contributed by atoms with Gasteiger partial charge in [-0.05, 0) is 49.6 Å². The van der Waals surface area contributed by atoms with Crippen LogP contribution >= 0.6 is 0 Å². The SMILES string of the molecule is Cc1ccc(S(=O)(=O)Oc2ccccc2)cc1N1CCCC1. The van der Waals surface area contributed by atoms with E-state index < -0.39 is 10.1 Å². The first-order valence-electron chi connectivity index (χ1n) is 7.41. The standard InChI is InChI=1S/C17H19NO3S/c1-14-9-10-16(13-17(14)18-11-5-6-12-18)22(19,20)21-15-7-3-2-4-8-15/h2-4,7-10,13H,5-6,11-12H2,1H3. The van der Waals surface area contributed by atoms with Gasteiger partial charge < -0.3 is 9.08 Å². The number of benzene rings is 2. The second-order valence-electron chi connectivity index (χ2n) is 5.49. The molecule has 4 nitrogen and oxygen atoms in total. The van der Waals surface area contributed by atoms with Gasteiger partial charge in [-0.25, -0.2) is 0 Å². The minimum Gasteiger partial charge on any atom is -0.379 e. The zero-order valence-electron chi connectivity index (χ0n) is 12.5. The molecule has 0 aromatic heterocycles. The van der Waals surface area contributed by atoms with Crippen LogP contribution in [-0.4, -0.2) is 21.5 Å². The minimum atomic E-state index is -3.81. The Bertz CT molecular complexity index is 751. The van der Waals surface area contributed by atoms with Gasteiger partial charge in [0.25, 0.3) is 0 Å². The zero-order chi connectivity index (χ0) is 15.6. The predicted molar refractivity (Wildman–Crippen MR) is 86.9 cm³/mol. The fraction of sp³-hybridized carbons (Fsp3) is 0.294. The Morgan fingerprint density at radius 3 is 2.36 bits per heavy atom. The molecule has 1 heterocycles. The third-order valence-electron chi connectivity index (χ3n) is 3.87. The number of anilines is 1. The third kappa shape index (κ3) is 3.09. The molecular formula is C17H19NO3S. The Hall–Kier alpha value is -2.01. The summed E-state index contributed by atoms with van der Waals surface area (Å²) in [4.78, 5) is 2.43. The lowest BCUT2D eigenvalue weighted by Crippen LogP contribution is -2.19. The van der Waals surface area contributed by atoms with Crippen LogP contribution in [0.3, 0.4) is 0 Å². The maximum Gasteiger partial charge on any atom is 0.339 e. The predicted octanol–water partition coefficient (Wildman–Crippen LogP) is 3.36. The minimum absolute atomic E-state index is 0.198. The molecule has 1 aliphatic rings. The highest BCUT2D eigenvalue weighted by Gasteiger charge is 2.21. The van der Waals surface area contributed by atoms with Gasteiger partial charge in [0, 0.05) is 18.8 Å². The van der Waals surface area contributed by atoms with Crippen LogP contribution in [0.25, 0.3) is 0 Å². The van der Waals surface area contributed by atoms with E-state index in [4.69, 9.17) is 4.18 Å². The lowest BCUT2D eigenvalue weighted by Gasteiger charge is -2.21. The molecule has 1 aliphatic heterocycles. The topological polar surface area (TPSA) is 46.6 Å². The molecule has 0 aliphatic carbocycles. The first kappa shape index (κ1) is 14.9. The summed E-state index contributed by atoms with van der Waals surface area (Å²) in [5, 5.41) is 0. The molecule has 5 heteroatoms. The monoisotopic (exact) mass is 317 g/mol. The van der Waals surface area contributed by atoms with Crippen LogP contribution in [0.1, 0.15) is 18.4 Å². The van der Waals surface area contributed by atoms with Crippen molar-refractivity contribution in [3.05, 3.63) is 54.1 Å². The number of para-hydroxylation sites is 1. The van der Waals surface area contributed by atoms with Crippen molar-refractivity contribution in [2.24, 2.45) is 0 Å². The van der Waals surface area contributed by atoms with E-state index in [-0.39, 0.29) is 4.90 Å². The summed E-state index contributed by atoms with van der Waals surface area (Å²) >= 11 is 0. The van der Waals surface area contributed by atoms with Gasteiger partial charge in [0.1, 0.15) is 10.6 Å². The smallest absolute Gasteiger partial charge is 0.339 e. The molecule has 2 aromatic rings. The molecule has 0 saturated carbocycles. The van der Waals surface area contributed by atoms with Gasteiger partial charge in [-0.3, -0.25) is 0 Å². The molecule has 0 atom stereocenters. The van der Waals surface area contributed by atoms with Gasteiger partial charge >= 0.3 is 10.1 Å². The number of hydrogen-bond acceptors (Lipinski definition) is 4. The highest BCUT2D eigenvalue weighted by Crippen LogP contribution is 2.28. The quantitative estimate of drug-likeness (QED) is 0.811. The second-order valence-corrected chi connectivity index (χ2v) is 7.04. The van der Waals surface area contributed by atoms with Crippen molar-refractivity contribution in [1.82, 2.24) is 0 Å². The summed E-state index contributed by atoms with van der Waals surface area (Å²) in [6, 6.07) is 13.7. The first-order chi connectivity index (χ1) is 10.6. The van der Waals surface area contributed by atoms with Crippen molar-refractivity contribution in [1.29, 1.82) is 0 Å². The Kier molecular flexibility index (Phi) is 4.07. The van der Waals surface area contributed by atoms with Crippen LogP contribution in [0.4, 0.5) is 5.69 Å². The van der Waals surface area contributed by atoms with Crippen molar-refractivity contribution in [3.8, 4) is 5.75 Å². The maximum atomic E-state index is 12.4. The Labute approximate surface area is 131 Å². The normalized spacial score (nSPS) is 15.0. The van der Waals surface area contributed by atoms with Crippen LogP contribution in [0.5, 0.6) is 5.75 Å². The van der Waals surface area contributed by atoms with Crippen molar-refractivity contribution in [2.45, 2.75) is 24.7 Å². The van der Waals surface area contributed by atoms with Crippen LogP contribution < -0.4 is 9.08 Å². The summed E-state index contributed by atoms with van der Waals surface area (Å²) in [5.74, 6) is 0.325. The van der Waals surface area contributed by atoms with Gasteiger partial charge in [-0.15, -0.1) is 0 Å². The Balaban J connectivity index is 1.92. The van der Waals surface area contributed by atoms with E-state index in [0.717, 1.165) is 37.2 Å². The number of nitrogens with zero attached hydrogens (tertiary/aromatic N) is 1. The molecule has 1 saturated heterocycles. The van der Waals surface area contributed by atoms with Crippen molar-refractivity contribution in [3.63, 3.8) is 0 Å². The molecule has 2 aromatic carbocycles. The number of hydrogen-bond donors (Lipinski definition) is 0. The Morgan fingerprint density at radius 1 is 1.00 bits per heavy atom. The van der Waals surface area contributed by atoms with Crippen LogP contribution in [0.15, 0.2) is 53.4 Å². The van der Waals surface area contributed by atoms with Gasteiger partial charge in [0.05, 0.1) is 0 Å². The van der Waals surface area contributed by atoms with Gasteiger partial charge in [-0.1, -0.05) is 24.3 Å². The summed E-state index contributed by atoms with van der Waals surface area (Å²) in [6.07, 6.45) is 2.30. The largest absolute Gasteiger partial charge is 0.379 e. The van der Waals surface area contributed by atoms with E-state index in [0.29, 0.717) is 5.75 Å². The second kappa shape index (κ2) is 6.01. The molecule has 1 fully saturated rings. The molecule has 3 rings (SSSR count). The van der Waals surface area contributed by atoms with Crippen LogP contribution in [0, 0.1) is 6.92 Å². The van der Waals surface area contributed by atoms with E-state index in [1.807, 2.05) is 19.1 Å². The molecule has 0 unspecified atom stereocenters. The van der Waals surface area contributed by atoms with Crippen LogP contribution in [-0.2, 0) is 10.1 Å². The molecular weight excluding hydrogens is 298 g/mol. The van der Waals surface area contributed by atoms with E-state index in [1.165, 1.54) is 0 Å². The average Bonchev–Trinajstić information content (AvgIpc) is 3.02.